The maximum Gasteiger partial charge on any atom is 0.224 e. The van der Waals surface area contributed by atoms with Crippen molar-refractivity contribution in [3.63, 3.8) is 0 Å². The van der Waals surface area contributed by atoms with Crippen molar-refractivity contribution in [2.75, 3.05) is 37.6 Å². The van der Waals surface area contributed by atoms with Crippen LogP contribution >= 0.6 is 11.6 Å². The SMILES string of the molecule is CC(=O)N1CCN(C(=O)CCN(C(C)=O)c2cccc(Cl)c2)CC1. The first kappa shape index (κ1) is 18.3. The van der Waals surface area contributed by atoms with Crippen LogP contribution in [-0.4, -0.2) is 60.2 Å². The molecule has 1 heterocycles. The van der Waals surface area contributed by atoms with Crippen molar-refractivity contribution in [1.82, 2.24) is 9.80 Å². The number of nitrogens with zero attached hydrogens (tertiary/aromatic N) is 3. The van der Waals surface area contributed by atoms with Gasteiger partial charge in [0, 0.05) is 63.7 Å². The third-order valence-electron chi connectivity index (χ3n) is 4.13. The molecule has 3 amide bonds. The average Bonchev–Trinajstić information content (AvgIpc) is 2.54. The van der Waals surface area contributed by atoms with E-state index in [0.29, 0.717) is 43.4 Å². The van der Waals surface area contributed by atoms with Gasteiger partial charge in [-0.05, 0) is 18.2 Å². The first-order valence-corrected chi connectivity index (χ1v) is 8.33. The Morgan fingerprint density at radius 3 is 2.25 bits per heavy atom. The Morgan fingerprint density at radius 2 is 1.71 bits per heavy atom. The molecule has 1 aromatic rings. The van der Waals surface area contributed by atoms with E-state index in [1.54, 1.807) is 39.0 Å². The van der Waals surface area contributed by atoms with E-state index >= 15 is 0 Å². The van der Waals surface area contributed by atoms with Gasteiger partial charge in [-0.1, -0.05) is 17.7 Å². The fourth-order valence-electron chi connectivity index (χ4n) is 2.75. The van der Waals surface area contributed by atoms with E-state index in [4.69, 9.17) is 11.6 Å². The largest absolute Gasteiger partial charge is 0.339 e. The molecule has 7 heteroatoms. The van der Waals surface area contributed by atoms with Gasteiger partial charge in [-0.15, -0.1) is 0 Å². The van der Waals surface area contributed by atoms with Crippen LogP contribution in [0.1, 0.15) is 20.3 Å². The fourth-order valence-corrected chi connectivity index (χ4v) is 2.93. The first-order valence-electron chi connectivity index (χ1n) is 7.95. The van der Waals surface area contributed by atoms with E-state index in [1.165, 1.54) is 13.8 Å². The second-order valence-electron chi connectivity index (χ2n) is 5.79. The summed E-state index contributed by atoms with van der Waals surface area (Å²) in [4.78, 5) is 40.6. The van der Waals surface area contributed by atoms with Crippen LogP contribution in [0.5, 0.6) is 0 Å². The molecule has 0 aromatic heterocycles. The molecule has 6 nitrogen and oxygen atoms in total. The minimum absolute atomic E-state index is 0.00789. The highest BCUT2D eigenvalue weighted by atomic mass is 35.5. The second-order valence-corrected chi connectivity index (χ2v) is 6.22. The van der Waals surface area contributed by atoms with Gasteiger partial charge in [0.05, 0.1) is 0 Å². The Bertz CT molecular complexity index is 627. The molecular weight excluding hydrogens is 330 g/mol. The minimum Gasteiger partial charge on any atom is -0.339 e. The smallest absolute Gasteiger partial charge is 0.224 e. The van der Waals surface area contributed by atoms with Crippen LogP contribution in [-0.2, 0) is 14.4 Å². The van der Waals surface area contributed by atoms with Crippen molar-refractivity contribution in [2.24, 2.45) is 0 Å². The van der Waals surface area contributed by atoms with Gasteiger partial charge in [-0.3, -0.25) is 14.4 Å². The van der Waals surface area contributed by atoms with Crippen molar-refractivity contribution in [3.8, 4) is 0 Å². The van der Waals surface area contributed by atoms with Crippen LogP contribution in [0, 0.1) is 0 Å². The number of hydrogen-bond donors (Lipinski definition) is 0. The van der Waals surface area contributed by atoms with Gasteiger partial charge in [-0.25, -0.2) is 0 Å². The summed E-state index contributed by atoms with van der Waals surface area (Å²) in [6.07, 6.45) is 0.242. The van der Waals surface area contributed by atoms with Crippen molar-refractivity contribution in [3.05, 3.63) is 29.3 Å². The lowest BCUT2D eigenvalue weighted by molar-refractivity contribution is -0.138. The lowest BCUT2D eigenvalue weighted by atomic mass is 10.2. The molecule has 1 fully saturated rings. The van der Waals surface area contributed by atoms with Gasteiger partial charge in [-0.2, -0.15) is 0 Å². The molecule has 130 valence electrons. The number of carbonyl (C=O) groups excluding carboxylic acids is 3. The molecule has 0 unspecified atom stereocenters. The highest BCUT2D eigenvalue weighted by Gasteiger charge is 2.23. The summed E-state index contributed by atoms with van der Waals surface area (Å²) in [5, 5.41) is 0.547. The quantitative estimate of drug-likeness (QED) is 0.830. The molecule has 24 heavy (non-hydrogen) atoms. The van der Waals surface area contributed by atoms with Gasteiger partial charge >= 0.3 is 0 Å². The standard InChI is InChI=1S/C17H22ClN3O3/c1-13(22)19-8-10-20(11-9-19)17(24)6-7-21(14(2)23)16-5-3-4-15(18)12-16/h3-5,12H,6-11H2,1-2H3. The predicted octanol–water partition coefficient (Wildman–Crippen LogP) is 1.77. The van der Waals surface area contributed by atoms with E-state index < -0.39 is 0 Å². The summed E-state index contributed by atoms with van der Waals surface area (Å²) in [6.45, 7) is 5.51. The van der Waals surface area contributed by atoms with Crippen molar-refractivity contribution >= 4 is 35.0 Å². The first-order chi connectivity index (χ1) is 11.4. The number of anilines is 1. The van der Waals surface area contributed by atoms with Crippen LogP contribution in [0.4, 0.5) is 5.69 Å². The third-order valence-corrected chi connectivity index (χ3v) is 4.36. The van der Waals surface area contributed by atoms with E-state index in [2.05, 4.69) is 0 Å². The number of piperazine rings is 1. The maximum atomic E-state index is 12.4. The van der Waals surface area contributed by atoms with Crippen molar-refractivity contribution in [2.45, 2.75) is 20.3 Å². The molecule has 0 radical (unpaired) electrons. The zero-order valence-electron chi connectivity index (χ0n) is 14.0. The summed E-state index contributed by atoms with van der Waals surface area (Å²) in [5.74, 6) is -0.108. The number of amides is 3. The normalized spacial score (nSPS) is 14.5. The summed E-state index contributed by atoms with van der Waals surface area (Å²) >= 11 is 5.97. The Morgan fingerprint density at radius 1 is 1.08 bits per heavy atom. The van der Waals surface area contributed by atoms with Gasteiger partial charge < -0.3 is 14.7 Å². The summed E-state index contributed by atoms with van der Waals surface area (Å²) in [6, 6.07) is 7.02. The predicted molar refractivity (Wildman–Crippen MR) is 92.9 cm³/mol. The Labute approximate surface area is 147 Å². The van der Waals surface area contributed by atoms with Gasteiger partial charge in [0.25, 0.3) is 0 Å². The van der Waals surface area contributed by atoms with Gasteiger partial charge in [0.1, 0.15) is 0 Å². The average molecular weight is 352 g/mol. The second kappa shape index (κ2) is 8.15. The highest BCUT2D eigenvalue weighted by molar-refractivity contribution is 6.30. The molecular formula is C17H22ClN3O3. The van der Waals surface area contributed by atoms with E-state index in [1.807, 2.05) is 0 Å². The van der Waals surface area contributed by atoms with Crippen LogP contribution in [0.3, 0.4) is 0 Å². The van der Waals surface area contributed by atoms with Gasteiger partial charge in [0.15, 0.2) is 0 Å². The van der Waals surface area contributed by atoms with Crippen LogP contribution < -0.4 is 4.90 Å². The molecule has 0 atom stereocenters. The highest BCUT2D eigenvalue weighted by Crippen LogP contribution is 2.20. The lowest BCUT2D eigenvalue weighted by Gasteiger charge is -2.34. The molecule has 0 saturated carbocycles. The van der Waals surface area contributed by atoms with E-state index in [-0.39, 0.29) is 24.1 Å². The van der Waals surface area contributed by atoms with Crippen molar-refractivity contribution in [1.29, 1.82) is 0 Å². The number of carbonyl (C=O) groups is 3. The third kappa shape index (κ3) is 4.71. The number of hydrogen-bond acceptors (Lipinski definition) is 3. The molecule has 0 bridgehead atoms. The van der Waals surface area contributed by atoms with E-state index in [9.17, 15) is 14.4 Å². The lowest BCUT2D eigenvalue weighted by Crippen LogP contribution is -2.50. The molecule has 1 aromatic carbocycles. The maximum absolute atomic E-state index is 12.4. The Hall–Kier alpha value is -2.08. The van der Waals surface area contributed by atoms with Crippen LogP contribution in [0.2, 0.25) is 5.02 Å². The number of rotatable bonds is 4. The van der Waals surface area contributed by atoms with Gasteiger partial charge in [0.2, 0.25) is 17.7 Å². The molecule has 1 saturated heterocycles. The molecule has 0 N–H and O–H groups in total. The number of halogens is 1. The Kier molecular flexibility index (Phi) is 6.20. The van der Waals surface area contributed by atoms with Crippen molar-refractivity contribution < 1.29 is 14.4 Å². The summed E-state index contributed by atoms with van der Waals surface area (Å²) in [7, 11) is 0. The number of benzene rings is 1. The zero-order valence-corrected chi connectivity index (χ0v) is 14.8. The molecule has 2 rings (SSSR count). The molecule has 1 aliphatic heterocycles. The van der Waals surface area contributed by atoms with E-state index in [0.717, 1.165) is 0 Å². The summed E-state index contributed by atoms with van der Waals surface area (Å²) < 4.78 is 0. The van der Waals surface area contributed by atoms with Crippen LogP contribution in [0.15, 0.2) is 24.3 Å². The fraction of sp³-hybridized carbons (Fsp3) is 0.471. The molecule has 0 aliphatic carbocycles. The minimum atomic E-state index is -0.133. The molecule has 1 aliphatic rings. The topological polar surface area (TPSA) is 60.9 Å². The Balaban J connectivity index is 1.92. The zero-order chi connectivity index (χ0) is 17.7. The summed E-state index contributed by atoms with van der Waals surface area (Å²) in [5.41, 5.74) is 0.684. The monoisotopic (exact) mass is 351 g/mol. The molecule has 0 spiro atoms. The van der Waals surface area contributed by atoms with Crippen LogP contribution in [0.25, 0.3) is 0 Å².